The molecule has 0 aliphatic heterocycles. The van der Waals surface area contributed by atoms with Crippen LogP contribution >= 0.6 is 21.6 Å². The summed E-state index contributed by atoms with van der Waals surface area (Å²) in [5.41, 5.74) is 13.8. The van der Waals surface area contributed by atoms with E-state index in [1.165, 1.54) is 34.2 Å². The highest BCUT2D eigenvalue weighted by atomic mass is 33.1. The Kier molecular flexibility index (Phi) is 2.97. The first-order valence-corrected chi connectivity index (χ1v) is 8.12. The number of aromatic nitrogens is 8. The van der Waals surface area contributed by atoms with E-state index in [-0.39, 0.29) is 0 Å². The quantitative estimate of drug-likeness (QED) is 0.398. The van der Waals surface area contributed by atoms with Crippen molar-refractivity contribution in [1.82, 2.24) is 39.9 Å². The Morgan fingerprint density at radius 2 is 1.18 bits per heavy atom. The number of H-pyrrole nitrogens is 2. The molecule has 110 valence electrons. The Labute approximate surface area is 130 Å². The first kappa shape index (κ1) is 13.1. The maximum absolute atomic E-state index is 5.75. The molecule has 0 saturated carbocycles. The van der Waals surface area contributed by atoms with E-state index < -0.39 is 0 Å². The first-order chi connectivity index (χ1) is 10.7. The van der Waals surface area contributed by atoms with Gasteiger partial charge in [0, 0.05) is 0 Å². The van der Waals surface area contributed by atoms with Crippen LogP contribution in [0, 0.1) is 0 Å². The Hall–Kier alpha value is -2.60. The van der Waals surface area contributed by atoms with Crippen LogP contribution < -0.4 is 11.5 Å². The average Bonchev–Trinajstić information content (AvgIpc) is 3.10. The standard InChI is InChI=1S/C10H8N10S2/c11-5-3-7(15-1-13-5)19-9(17-3)21-22-10-18-4-6(12)14-2-16-8(4)20-10/h1-2H,(H3,11,13,15,17,19)(H3,12,14,16,18,20). The number of nitrogens with two attached hydrogens (primary N) is 2. The van der Waals surface area contributed by atoms with Gasteiger partial charge >= 0.3 is 0 Å². The van der Waals surface area contributed by atoms with E-state index in [0.717, 1.165) is 0 Å². The maximum atomic E-state index is 5.75. The van der Waals surface area contributed by atoms with Gasteiger partial charge in [0.25, 0.3) is 0 Å². The lowest BCUT2D eigenvalue weighted by molar-refractivity contribution is 1.07. The van der Waals surface area contributed by atoms with Crippen LogP contribution in [0.15, 0.2) is 23.0 Å². The van der Waals surface area contributed by atoms with Crippen molar-refractivity contribution in [2.75, 3.05) is 11.5 Å². The van der Waals surface area contributed by atoms with Crippen LogP contribution in [-0.2, 0) is 0 Å². The molecular weight excluding hydrogens is 324 g/mol. The third-order valence-corrected chi connectivity index (χ3v) is 4.76. The SMILES string of the molecule is Nc1ncnc2[nH]c(SSc3nc4c(N)ncnc4[nH]3)nc12. The lowest BCUT2D eigenvalue weighted by Gasteiger charge is -1.91. The second-order valence-corrected chi connectivity index (χ2v) is 6.27. The summed E-state index contributed by atoms with van der Waals surface area (Å²) in [5.74, 6) is 0.676. The van der Waals surface area contributed by atoms with Crippen molar-refractivity contribution in [1.29, 1.82) is 0 Å². The van der Waals surface area contributed by atoms with E-state index >= 15 is 0 Å². The molecule has 0 amide bonds. The highest BCUT2D eigenvalue weighted by Crippen LogP contribution is 2.36. The molecule has 0 atom stereocenters. The molecule has 4 aromatic heterocycles. The number of rotatable bonds is 3. The third kappa shape index (κ3) is 2.17. The maximum Gasteiger partial charge on any atom is 0.178 e. The lowest BCUT2D eigenvalue weighted by atomic mass is 10.5. The monoisotopic (exact) mass is 332 g/mol. The number of hydrogen-bond acceptors (Lipinski definition) is 10. The lowest BCUT2D eigenvalue weighted by Crippen LogP contribution is -1.91. The predicted octanol–water partition coefficient (Wildman–Crippen LogP) is 0.983. The second-order valence-electron chi connectivity index (χ2n) is 4.16. The fraction of sp³-hybridized carbons (Fsp3) is 0. The minimum absolute atomic E-state index is 0.338. The van der Waals surface area contributed by atoms with Crippen molar-refractivity contribution in [2.24, 2.45) is 0 Å². The second kappa shape index (κ2) is 4.99. The average molecular weight is 332 g/mol. The largest absolute Gasteiger partial charge is 0.382 e. The summed E-state index contributed by atoms with van der Waals surface area (Å²) < 4.78 is 0. The molecular formula is C10H8N10S2. The number of hydrogen-bond donors (Lipinski definition) is 4. The molecule has 10 nitrogen and oxygen atoms in total. The molecule has 4 aromatic rings. The Morgan fingerprint density at radius 3 is 1.59 bits per heavy atom. The number of aromatic amines is 2. The van der Waals surface area contributed by atoms with Crippen LogP contribution in [0.25, 0.3) is 22.3 Å². The van der Waals surface area contributed by atoms with Gasteiger partial charge in [-0.05, 0) is 21.6 Å². The summed E-state index contributed by atoms with van der Waals surface area (Å²) in [6, 6.07) is 0. The Morgan fingerprint density at radius 1 is 0.727 bits per heavy atom. The molecule has 4 heterocycles. The molecule has 0 saturated heterocycles. The number of imidazole rings is 2. The molecule has 0 fully saturated rings. The normalized spacial score (nSPS) is 11.5. The number of nitrogen functional groups attached to an aromatic ring is 2. The molecule has 0 spiro atoms. The van der Waals surface area contributed by atoms with Crippen molar-refractivity contribution in [3.63, 3.8) is 0 Å². The molecule has 0 radical (unpaired) electrons. The van der Waals surface area contributed by atoms with Crippen LogP contribution in [0.3, 0.4) is 0 Å². The van der Waals surface area contributed by atoms with Gasteiger partial charge in [-0.3, -0.25) is 0 Å². The van der Waals surface area contributed by atoms with E-state index in [1.807, 2.05) is 0 Å². The number of nitrogens with zero attached hydrogens (tertiary/aromatic N) is 6. The van der Waals surface area contributed by atoms with Crippen LogP contribution in [0.5, 0.6) is 0 Å². The number of fused-ring (bicyclic) bond motifs is 2. The van der Waals surface area contributed by atoms with Crippen molar-refractivity contribution < 1.29 is 0 Å². The van der Waals surface area contributed by atoms with Crippen molar-refractivity contribution in [3.05, 3.63) is 12.7 Å². The molecule has 0 aliphatic carbocycles. The first-order valence-electron chi connectivity index (χ1n) is 5.97. The fourth-order valence-corrected chi connectivity index (χ4v) is 3.45. The summed E-state index contributed by atoms with van der Waals surface area (Å²) >= 11 is 0. The highest BCUT2D eigenvalue weighted by molar-refractivity contribution is 8.76. The summed E-state index contributed by atoms with van der Waals surface area (Å²) in [6.45, 7) is 0. The summed E-state index contributed by atoms with van der Waals surface area (Å²) in [5, 5.41) is 1.29. The van der Waals surface area contributed by atoms with Crippen LogP contribution in [0.4, 0.5) is 11.6 Å². The van der Waals surface area contributed by atoms with Gasteiger partial charge in [0.05, 0.1) is 0 Å². The van der Waals surface area contributed by atoms with Gasteiger partial charge in [-0.15, -0.1) is 0 Å². The molecule has 4 rings (SSSR count). The molecule has 0 bridgehead atoms. The van der Waals surface area contributed by atoms with Crippen LogP contribution in [0.1, 0.15) is 0 Å². The molecule has 0 aliphatic rings. The van der Waals surface area contributed by atoms with Crippen LogP contribution in [-0.4, -0.2) is 39.9 Å². The number of nitrogens with one attached hydrogen (secondary N) is 2. The topological polar surface area (TPSA) is 161 Å². The predicted molar refractivity (Wildman–Crippen MR) is 83.9 cm³/mol. The van der Waals surface area contributed by atoms with Gasteiger partial charge in [0.15, 0.2) is 44.3 Å². The zero-order chi connectivity index (χ0) is 15.1. The van der Waals surface area contributed by atoms with Gasteiger partial charge in [-0.25, -0.2) is 29.9 Å². The van der Waals surface area contributed by atoms with E-state index in [2.05, 4.69) is 39.9 Å². The zero-order valence-corrected chi connectivity index (χ0v) is 12.4. The summed E-state index contributed by atoms with van der Waals surface area (Å²) in [6.07, 6.45) is 2.77. The number of anilines is 2. The van der Waals surface area contributed by atoms with E-state index in [1.54, 1.807) is 0 Å². The Balaban J connectivity index is 1.60. The van der Waals surface area contributed by atoms with E-state index in [9.17, 15) is 0 Å². The molecule has 0 aromatic carbocycles. The van der Waals surface area contributed by atoms with Gasteiger partial charge in [0.2, 0.25) is 0 Å². The summed E-state index contributed by atoms with van der Waals surface area (Å²) in [7, 11) is 2.75. The van der Waals surface area contributed by atoms with Crippen molar-refractivity contribution >= 4 is 55.6 Å². The van der Waals surface area contributed by atoms with E-state index in [4.69, 9.17) is 11.5 Å². The van der Waals surface area contributed by atoms with Crippen molar-refractivity contribution in [2.45, 2.75) is 10.3 Å². The Bertz CT molecular complexity index is 896. The van der Waals surface area contributed by atoms with Crippen LogP contribution in [0.2, 0.25) is 0 Å². The van der Waals surface area contributed by atoms with Gasteiger partial charge in [0.1, 0.15) is 12.7 Å². The van der Waals surface area contributed by atoms with Gasteiger partial charge in [-0.1, -0.05) is 0 Å². The van der Waals surface area contributed by atoms with E-state index in [0.29, 0.717) is 44.3 Å². The minimum Gasteiger partial charge on any atom is -0.382 e. The molecule has 0 unspecified atom stereocenters. The highest BCUT2D eigenvalue weighted by Gasteiger charge is 2.12. The van der Waals surface area contributed by atoms with Gasteiger partial charge < -0.3 is 21.4 Å². The van der Waals surface area contributed by atoms with Crippen molar-refractivity contribution in [3.8, 4) is 0 Å². The summed E-state index contributed by atoms with van der Waals surface area (Å²) in [4.78, 5) is 30.7. The fourth-order valence-electron chi connectivity index (χ4n) is 1.81. The minimum atomic E-state index is 0.338. The molecule has 22 heavy (non-hydrogen) atoms. The third-order valence-electron chi connectivity index (χ3n) is 2.78. The van der Waals surface area contributed by atoms with Gasteiger partial charge in [-0.2, -0.15) is 0 Å². The molecule has 6 N–H and O–H groups in total. The molecule has 12 heteroatoms. The smallest absolute Gasteiger partial charge is 0.178 e. The zero-order valence-electron chi connectivity index (χ0n) is 10.8.